The Morgan fingerprint density at radius 3 is 2.46 bits per heavy atom. The topological polar surface area (TPSA) is 68.0 Å². The minimum atomic E-state index is -0.354. The monoisotopic (exact) mass is 367 g/mol. The van der Waals surface area contributed by atoms with Crippen molar-refractivity contribution in [2.24, 2.45) is 0 Å². The molecule has 3 aromatic rings. The Hall–Kier alpha value is -2.60. The summed E-state index contributed by atoms with van der Waals surface area (Å²) in [6, 6.07) is 15.7. The van der Waals surface area contributed by atoms with Crippen LogP contribution in [-0.4, -0.2) is 21.4 Å². The number of hydrogen-bond acceptors (Lipinski definition) is 5. The quantitative estimate of drug-likeness (QED) is 0.638. The summed E-state index contributed by atoms with van der Waals surface area (Å²) in [5.41, 5.74) is 4.05. The molecule has 0 aliphatic carbocycles. The first-order valence-corrected chi connectivity index (χ1v) is 9.40. The summed E-state index contributed by atoms with van der Waals surface area (Å²) in [6.07, 6.45) is 0.973. The molecule has 0 unspecified atom stereocenters. The molecule has 1 amide bonds. The van der Waals surface area contributed by atoms with Crippen molar-refractivity contribution in [1.29, 1.82) is 0 Å². The number of aromatic nitrogens is 2. The lowest BCUT2D eigenvalue weighted by molar-refractivity contribution is -0.115. The number of anilines is 1. The third kappa shape index (κ3) is 4.52. The lowest BCUT2D eigenvalue weighted by Gasteiger charge is -2.10. The van der Waals surface area contributed by atoms with Crippen LogP contribution in [0.1, 0.15) is 25.0 Å². The molecule has 1 atom stereocenters. The van der Waals surface area contributed by atoms with E-state index >= 15 is 0 Å². The molecule has 6 heteroatoms. The van der Waals surface area contributed by atoms with Crippen LogP contribution in [0.25, 0.3) is 11.5 Å². The Labute approximate surface area is 157 Å². The fourth-order valence-electron chi connectivity index (χ4n) is 2.34. The molecule has 0 fully saturated rings. The number of aryl methyl sites for hydroxylation is 2. The standard InChI is InChI=1S/C20H21N3O2S/c1-4-15-7-11-17(12-8-15)21-18(24)14(3)26-20-23-22-19(25-20)16-9-5-13(2)6-10-16/h5-12,14H,4H2,1-3H3,(H,21,24)/t14-/m1/s1. The van der Waals surface area contributed by atoms with Crippen LogP contribution in [0.15, 0.2) is 58.2 Å². The third-order valence-electron chi connectivity index (χ3n) is 3.98. The third-order valence-corrected chi connectivity index (χ3v) is 4.92. The lowest BCUT2D eigenvalue weighted by Crippen LogP contribution is -2.22. The number of thioether (sulfide) groups is 1. The van der Waals surface area contributed by atoms with E-state index in [9.17, 15) is 4.79 Å². The SMILES string of the molecule is CCc1ccc(NC(=O)[C@@H](C)Sc2nnc(-c3ccc(C)cc3)o2)cc1. The molecule has 0 bridgehead atoms. The molecule has 0 aliphatic rings. The summed E-state index contributed by atoms with van der Waals surface area (Å²) in [5.74, 6) is 0.351. The average molecular weight is 367 g/mol. The summed E-state index contributed by atoms with van der Waals surface area (Å²) < 4.78 is 5.67. The van der Waals surface area contributed by atoms with Gasteiger partial charge in [0.05, 0.1) is 5.25 Å². The van der Waals surface area contributed by atoms with Crippen molar-refractivity contribution in [2.45, 2.75) is 37.7 Å². The molecule has 0 radical (unpaired) electrons. The number of hydrogen-bond donors (Lipinski definition) is 1. The molecule has 134 valence electrons. The Balaban J connectivity index is 1.61. The highest BCUT2D eigenvalue weighted by Gasteiger charge is 2.19. The Morgan fingerprint density at radius 1 is 1.12 bits per heavy atom. The predicted octanol–water partition coefficient (Wildman–Crippen LogP) is 4.73. The Morgan fingerprint density at radius 2 is 1.81 bits per heavy atom. The van der Waals surface area contributed by atoms with Gasteiger partial charge in [-0.3, -0.25) is 4.79 Å². The van der Waals surface area contributed by atoms with Gasteiger partial charge < -0.3 is 9.73 Å². The summed E-state index contributed by atoms with van der Waals surface area (Å²) in [4.78, 5) is 12.4. The van der Waals surface area contributed by atoms with E-state index in [1.54, 1.807) is 0 Å². The molecular weight excluding hydrogens is 346 g/mol. The highest BCUT2D eigenvalue weighted by Crippen LogP contribution is 2.27. The van der Waals surface area contributed by atoms with E-state index in [1.165, 1.54) is 22.9 Å². The van der Waals surface area contributed by atoms with Gasteiger partial charge >= 0.3 is 0 Å². The van der Waals surface area contributed by atoms with Crippen molar-refractivity contribution in [3.05, 3.63) is 59.7 Å². The molecule has 3 rings (SSSR count). The summed E-state index contributed by atoms with van der Waals surface area (Å²) in [6.45, 7) is 5.94. The van der Waals surface area contributed by atoms with Gasteiger partial charge in [-0.25, -0.2) is 0 Å². The van der Waals surface area contributed by atoms with Crippen molar-refractivity contribution >= 4 is 23.4 Å². The molecule has 0 saturated heterocycles. The zero-order valence-corrected chi connectivity index (χ0v) is 15.8. The van der Waals surface area contributed by atoms with Crippen molar-refractivity contribution in [2.75, 3.05) is 5.32 Å². The molecule has 26 heavy (non-hydrogen) atoms. The average Bonchev–Trinajstić information content (AvgIpc) is 3.11. The van der Waals surface area contributed by atoms with Gasteiger partial charge in [-0.15, -0.1) is 10.2 Å². The smallest absolute Gasteiger partial charge is 0.277 e. The maximum atomic E-state index is 12.4. The number of rotatable bonds is 6. The van der Waals surface area contributed by atoms with Gasteiger partial charge in [0.2, 0.25) is 11.8 Å². The Bertz CT molecular complexity index is 873. The molecule has 5 nitrogen and oxygen atoms in total. The van der Waals surface area contributed by atoms with E-state index in [1.807, 2.05) is 62.4 Å². The largest absolute Gasteiger partial charge is 0.411 e. The number of nitrogens with one attached hydrogen (secondary N) is 1. The van der Waals surface area contributed by atoms with E-state index in [0.29, 0.717) is 11.1 Å². The number of carbonyl (C=O) groups excluding carboxylic acids is 1. The van der Waals surface area contributed by atoms with Crippen LogP contribution >= 0.6 is 11.8 Å². The zero-order valence-electron chi connectivity index (χ0n) is 15.0. The predicted molar refractivity (Wildman–Crippen MR) is 104 cm³/mol. The fourth-order valence-corrected chi connectivity index (χ4v) is 3.03. The molecule has 1 heterocycles. The minimum absolute atomic E-state index is 0.102. The van der Waals surface area contributed by atoms with E-state index in [4.69, 9.17) is 4.42 Å². The number of amides is 1. The molecule has 0 aliphatic heterocycles. The van der Waals surface area contributed by atoms with Crippen molar-refractivity contribution in [3.63, 3.8) is 0 Å². The molecule has 2 aromatic carbocycles. The first kappa shape index (κ1) is 18.2. The molecular formula is C20H21N3O2S. The fraction of sp³-hybridized carbons (Fsp3) is 0.250. The van der Waals surface area contributed by atoms with Crippen molar-refractivity contribution in [3.8, 4) is 11.5 Å². The van der Waals surface area contributed by atoms with Gasteiger partial charge in [0.1, 0.15) is 0 Å². The lowest BCUT2D eigenvalue weighted by atomic mass is 10.1. The second-order valence-electron chi connectivity index (χ2n) is 6.04. The van der Waals surface area contributed by atoms with Crippen LogP contribution in [0.2, 0.25) is 0 Å². The molecule has 1 N–H and O–H groups in total. The van der Waals surface area contributed by atoms with Gasteiger partial charge in [0.25, 0.3) is 5.22 Å². The van der Waals surface area contributed by atoms with E-state index < -0.39 is 0 Å². The van der Waals surface area contributed by atoms with Crippen LogP contribution in [0, 0.1) is 6.92 Å². The van der Waals surface area contributed by atoms with Gasteiger partial charge in [0, 0.05) is 11.3 Å². The van der Waals surface area contributed by atoms with E-state index in [2.05, 4.69) is 22.4 Å². The first-order chi connectivity index (χ1) is 12.5. The van der Waals surface area contributed by atoms with Gasteiger partial charge in [-0.1, -0.05) is 48.5 Å². The second-order valence-corrected chi connectivity index (χ2v) is 7.33. The maximum absolute atomic E-state index is 12.4. The molecule has 0 saturated carbocycles. The summed E-state index contributed by atoms with van der Waals surface area (Å²) >= 11 is 1.24. The molecule has 1 aromatic heterocycles. The van der Waals surface area contributed by atoms with Crippen LogP contribution in [-0.2, 0) is 11.2 Å². The molecule has 0 spiro atoms. The summed E-state index contributed by atoms with van der Waals surface area (Å²) in [7, 11) is 0. The van der Waals surface area contributed by atoms with Crippen LogP contribution in [0.3, 0.4) is 0 Å². The van der Waals surface area contributed by atoms with Gasteiger partial charge in [-0.2, -0.15) is 0 Å². The minimum Gasteiger partial charge on any atom is -0.411 e. The van der Waals surface area contributed by atoms with Crippen LogP contribution in [0.4, 0.5) is 5.69 Å². The highest BCUT2D eigenvalue weighted by molar-refractivity contribution is 8.00. The van der Waals surface area contributed by atoms with Crippen molar-refractivity contribution < 1.29 is 9.21 Å². The van der Waals surface area contributed by atoms with E-state index in [-0.39, 0.29) is 11.2 Å². The zero-order chi connectivity index (χ0) is 18.5. The number of carbonyl (C=O) groups is 1. The highest BCUT2D eigenvalue weighted by atomic mass is 32.2. The van der Waals surface area contributed by atoms with Gasteiger partial charge in [-0.05, 0) is 50.1 Å². The number of nitrogens with zero attached hydrogens (tertiary/aromatic N) is 2. The number of benzene rings is 2. The first-order valence-electron chi connectivity index (χ1n) is 8.52. The summed E-state index contributed by atoms with van der Waals surface area (Å²) in [5, 5.41) is 11.0. The maximum Gasteiger partial charge on any atom is 0.277 e. The normalized spacial score (nSPS) is 12.0. The van der Waals surface area contributed by atoms with Crippen LogP contribution < -0.4 is 5.32 Å². The Kier molecular flexibility index (Phi) is 5.73. The van der Waals surface area contributed by atoms with Crippen molar-refractivity contribution in [1.82, 2.24) is 10.2 Å². The second kappa shape index (κ2) is 8.19. The van der Waals surface area contributed by atoms with Gasteiger partial charge in [0.15, 0.2) is 0 Å². The van der Waals surface area contributed by atoms with E-state index in [0.717, 1.165) is 17.7 Å². The van der Waals surface area contributed by atoms with Crippen LogP contribution in [0.5, 0.6) is 0 Å².